The minimum atomic E-state index is -0.456. The van der Waals surface area contributed by atoms with Crippen molar-refractivity contribution in [1.29, 1.82) is 0 Å². The molecular formula is C15H20N4O2. The van der Waals surface area contributed by atoms with Crippen LogP contribution in [0.5, 0.6) is 0 Å². The number of ether oxygens (including phenoxy) is 1. The SMILES string of the molecule is COCC1(C(=O)Nc2cccc3cn[nH]c23)CCNCC1. The second-order valence-electron chi connectivity index (χ2n) is 5.56. The Labute approximate surface area is 123 Å². The van der Waals surface area contributed by atoms with Crippen LogP contribution < -0.4 is 10.6 Å². The lowest BCUT2D eigenvalue weighted by atomic mass is 9.78. The smallest absolute Gasteiger partial charge is 0.233 e. The molecule has 0 spiro atoms. The summed E-state index contributed by atoms with van der Waals surface area (Å²) >= 11 is 0. The second-order valence-corrected chi connectivity index (χ2v) is 5.56. The van der Waals surface area contributed by atoms with Gasteiger partial charge in [-0.2, -0.15) is 5.10 Å². The van der Waals surface area contributed by atoms with Gasteiger partial charge in [0.15, 0.2) is 0 Å². The Hall–Kier alpha value is -1.92. The van der Waals surface area contributed by atoms with Gasteiger partial charge in [-0.15, -0.1) is 0 Å². The van der Waals surface area contributed by atoms with Crippen LogP contribution in [0.1, 0.15) is 12.8 Å². The number of benzene rings is 1. The van der Waals surface area contributed by atoms with Gasteiger partial charge in [0.25, 0.3) is 0 Å². The molecule has 1 fully saturated rings. The number of aromatic amines is 1. The lowest BCUT2D eigenvalue weighted by Crippen LogP contribution is -2.47. The summed E-state index contributed by atoms with van der Waals surface area (Å²) in [4.78, 5) is 12.8. The number of nitrogens with one attached hydrogen (secondary N) is 3. The predicted octanol–water partition coefficient (Wildman–Crippen LogP) is 1.52. The molecule has 6 nitrogen and oxygen atoms in total. The molecule has 21 heavy (non-hydrogen) atoms. The van der Waals surface area contributed by atoms with Crippen molar-refractivity contribution >= 4 is 22.5 Å². The lowest BCUT2D eigenvalue weighted by molar-refractivity contribution is -0.130. The highest BCUT2D eigenvalue weighted by molar-refractivity contribution is 6.02. The number of H-pyrrole nitrogens is 1. The number of rotatable bonds is 4. The molecule has 1 aromatic carbocycles. The molecule has 1 aromatic heterocycles. The standard InChI is InChI=1S/C15H20N4O2/c1-21-10-15(5-7-16-8-6-15)14(20)18-12-4-2-3-11-9-17-19-13(11)12/h2-4,9,16H,5-8,10H2,1H3,(H,17,19)(H,18,20). The molecule has 1 amide bonds. The van der Waals surface area contributed by atoms with Gasteiger partial charge in [0.1, 0.15) is 0 Å². The van der Waals surface area contributed by atoms with E-state index < -0.39 is 5.41 Å². The average Bonchev–Trinajstić information content (AvgIpc) is 2.98. The van der Waals surface area contributed by atoms with E-state index in [-0.39, 0.29) is 5.91 Å². The summed E-state index contributed by atoms with van der Waals surface area (Å²) in [6.07, 6.45) is 3.32. The third-order valence-corrected chi connectivity index (χ3v) is 4.19. The molecule has 0 bridgehead atoms. The minimum absolute atomic E-state index is 0.0213. The first-order valence-electron chi connectivity index (χ1n) is 7.18. The van der Waals surface area contributed by atoms with Crippen LogP contribution in [0.4, 0.5) is 5.69 Å². The summed E-state index contributed by atoms with van der Waals surface area (Å²) in [5.74, 6) is 0.0213. The van der Waals surface area contributed by atoms with Crippen molar-refractivity contribution in [1.82, 2.24) is 15.5 Å². The van der Waals surface area contributed by atoms with Crippen LogP contribution >= 0.6 is 0 Å². The van der Waals surface area contributed by atoms with Crippen molar-refractivity contribution in [3.8, 4) is 0 Å². The summed E-state index contributed by atoms with van der Waals surface area (Å²) < 4.78 is 5.31. The fourth-order valence-electron chi connectivity index (χ4n) is 2.95. The van der Waals surface area contributed by atoms with Crippen molar-refractivity contribution in [3.63, 3.8) is 0 Å². The lowest BCUT2D eigenvalue weighted by Gasteiger charge is -2.35. The number of nitrogens with zero attached hydrogens (tertiary/aromatic N) is 1. The maximum atomic E-state index is 12.8. The van der Waals surface area contributed by atoms with Crippen molar-refractivity contribution < 1.29 is 9.53 Å². The first-order valence-corrected chi connectivity index (χ1v) is 7.18. The number of para-hydroxylation sites is 1. The van der Waals surface area contributed by atoms with E-state index in [1.165, 1.54) is 0 Å². The highest BCUT2D eigenvalue weighted by Crippen LogP contribution is 2.32. The van der Waals surface area contributed by atoms with Crippen LogP contribution in [0.15, 0.2) is 24.4 Å². The Morgan fingerprint density at radius 2 is 2.24 bits per heavy atom. The molecule has 3 rings (SSSR count). The molecule has 2 heterocycles. The van der Waals surface area contributed by atoms with E-state index in [1.54, 1.807) is 13.3 Å². The fourth-order valence-corrected chi connectivity index (χ4v) is 2.95. The van der Waals surface area contributed by atoms with Gasteiger partial charge >= 0.3 is 0 Å². The number of fused-ring (bicyclic) bond motifs is 1. The Kier molecular flexibility index (Phi) is 3.90. The van der Waals surface area contributed by atoms with Crippen LogP contribution in [0.25, 0.3) is 10.9 Å². The van der Waals surface area contributed by atoms with Crippen molar-refractivity contribution in [2.75, 3.05) is 32.1 Å². The van der Waals surface area contributed by atoms with E-state index in [0.717, 1.165) is 42.5 Å². The Balaban J connectivity index is 1.85. The van der Waals surface area contributed by atoms with Crippen molar-refractivity contribution in [2.24, 2.45) is 5.41 Å². The van der Waals surface area contributed by atoms with Gasteiger partial charge in [0.05, 0.1) is 29.4 Å². The molecule has 1 aliphatic rings. The van der Waals surface area contributed by atoms with E-state index in [1.807, 2.05) is 18.2 Å². The zero-order valence-electron chi connectivity index (χ0n) is 12.1. The molecular weight excluding hydrogens is 268 g/mol. The molecule has 1 aliphatic heterocycles. The second kappa shape index (κ2) is 5.83. The molecule has 6 heteroatoms. The number of carbonyl (C=O) groups excluding carboxylic acids is 1. The van der Waals surface area contributed by atoms with Gasteiger partial charge in [0.2, 0.25) is 5.91 Å². The number of hydrogen-bond donors (Lipinski definition) is 3. The van der Waals surface area contributed by atoms with Crippen LogP contribution in [0.3, 0.4) is 0 Å². The van der Waals surface area contributed by atoms with E-state index in [4.69, 9.17) is 4.74 Å². The van der Waals surface area contributed by atoms with Crippen molar-refractivity contribution in [3.05, 3.63) is 24.4 Å². The molecule has 0 atom stereocenters. The number of carbonyl (C=O) groups is 1. The van der Waals surface area contributed by atoms with Gasteiger partial charge in [-0.1, -0.05) is 12.1 Å². The average molecular weight is 288 g/mol. The quantitative estimate of drug-likeness (QED) is 0.797. The van der Waals surface area contributed by atoms with Gasteiger partial charge in [-0.05, 0) is 32.0 Å². The first kappa shape index (κ1) is 14.0. The monoisotopic (exact) mass is 288 g/mol. The molecule has 2 aromatic rings. The number of piperidine rings is 1. The first-order chi connectivity index (χ1) is 10.2. The summed E-state index contributed by atoms with van der Waals surface area (Å²) in [6.45, 7) is 2.12. The van der Waals surface area contributed by atoms with E-state index >= 15 is 0 Å². The summed E-state index contributed by atoms with van der Waals surface area (Å²) in [7, 11) is 1.65. The number of aromatic nitrogens is 2. The molecule has 112 valence electrons. The highest BCUT2D eigenvalue weighted by atomic mass is 16.5. The molecule has 0 aliphatic carbocycles. The summed E-state index contributed by atoms with van der Waals surface area (Å²) in [5.41, 5.74) is 1.17. The predicted molar refractivity (Wildman–Crippen MR) is 81.1 cm³/mol. The molecule has 1 saturated heterocycles. The minimum Gasteiger partial charge on any atom is -0.384 e. The molecule has 0 unspecified atom stereocenters. The largest absolute Gasteiger partial charge is 0.384 e. The van der Waals surface area contributed by atoms with Crippen LogP contribution in [0, 0.1) is 5.41 Å². The fraction of sp³-hybridized carbons (Fsp3) is 0.467. The third-order valence-electron chi connectivity index (χ3n) is 4.19. The number of amides is 1. The number of anilines is 1. The zero-order chi connectivity index (χ0) is 14.7. The zero-order valence-corrected chi connectivity index (χ0v) is 12.1. The van der Waals surface area contributed by atoms with Crippen LogP contribution in [0.2, 0.25) is 0 Å². The van der Waals surface area contributed by atoms with Gasteiger partial charge in [0, 0.05) is 12.5 Å². The topological polar surface area (TPSA) is 79.0 Å². The van der Waals surface area contributed by atoms with Gasteiger partial charge < -0.3 is 15.4 Å². The molecule has 0 radical (unpaired) electrons. The van der Waals surface area contributed by atoms with E-state index in [2.05, 4.69) is 20.8 Å². The Bertz CT molecular complexity index is 626. The third kappa shape index (κ3) is 2.64. The maximum absolute atomic E-state index is 12.8. The van der Waals surface area contributed by atoms with Crippen molar-refractivity contribution in [2.45, 2.75) is 12.8 Å². The maximum Gasteiger partial charge on any atom is 0.233 e. The molecule has 0 saturated carbocycles. The number of methoxy groups -OCH3 is 1. The van der Waals surface area contributed by atoms with E-state index in [0.29, 0.717) is 6.61 Å². The number of hydrogen-bond acceptors (Lipinski definition) is 4. The van der Waals surface area contributed by atoms with Gasteiger partial charge in [-0.25, -0.2) is 0 Å². The normalized spacial score (nSPS) is 17.8. The van der Waals surface area contributed by atoms with Crippen LogP contribution in [-0.2, 0) is 9.53 Å². The molecule has 3 N–H and O–H groups in total. The Morgan fingerprint density at radius 1 is 1.43 bits per heavy atom. The Morgan fingerprint density at radius 3 is 3.00 bits per heavy atom. The summed E-state index contributed by atoms with van der Waals surface area (Å²) in [5, 5.41) is 14.3. The highest BCUT2D eigenvalue weighted by Gasteiger charge is 2.39. The van der Waals surface area contributed by atoms with E-state index in [9.17, 15) is 4.79 Å². The summed E-state index contributed by atoms with van der Waals surface area (Å²) in [6, 6.07) is 5.77. The van der Waals surface area contributed by atoms with Crippen LogP contribution in [-0.4, -0.2) is 42.9 Å². The van der Waals surface area contributed by atoms with Gasteiger partial charge in [-0.3, -0.25) is 9.89 Å².